The molecule has 0 spiro atoms. The van der Waals surface area contributed by atoms with Crippen molar-refractivity contribution in [1.82, 2.24) is 10.6 Å². The Balaban J connectivity index is 2.09. The first-order valence-electron chi connectivity index (χ1n) is 7.04. The number of benzene rings is 1. The zero-order valence-corrected chi connectivity index (χ0v) is 13.0. The number of rotatable bonds is 4. The molecule has 6 nitrogen and oxygen atoms in total. The topological polar surface area (TPSA) is 92.3 Å². The summed E-state index contributed by atoms with van der Waals surface area (Å²) < 4.78 is 50.7. The molecule has 0 bridgehead atoms. The molecule has 1 heterocycles. The van der Waals surface area contributed by atoms with E-state index in [1.54, 1.807) is 0 Å². The number of carbonyl (C=O) groups is 2. The minimum atomic E-state index is -4.35. The maximum absolute atomic E-state index is 13.5. The van der Waals surface area contributed by atoms with Crippen molar-refractivity contribution in [3.8, 4) is 0 Å². The molecule has 0 aromatic heterocycles. The Morgan fingerprint density at radius 3 is 2.78 bits per heavy atom. The van der Waals surface area contributed by atoms with Crippen LogP contribution in [-0.2, 0) is 19.4 Å². The van der Waals surface area contributed by atoms with Crippen LogP contribution in [0.25, 0.3) is 0 Å². The van der Waals surface area contributed by atoms with Crippen LogP contribution in [0.15, 0.2) is 23.1 Å². The van der Waals surface area contributed by atoms with Crippen LogP contribution in [0.1, 0.15) is 19.3 Å². The minimum Gasteiger partial charge on any atom is -0.354 e. The average Bonchev–Trinajstić information content (AvgIpc) is 2.66. The molecule has 2 amide bonds. The molecule has 1 aromatic rings. The fourth-order valence-corrected chi connectivity index (χ4v) is 3.52. The minimum absolute atomic E-state index is 0.384. The van der Waals surface area contributed by atoms with Crippen molar-refractivity contribution >= 4 is 21.7 Å². The van der Waals surface area contributed by atoms with Gasteiger partial charge in [-0.2, -0.15) is 0 Å². The second-order valence-electron chi connectivity index (χ2n) is 5.24. The van der Waals surface area contributed by atoms with E-state index < -0.39 is 44.1 Å². The predicted molar refractivity (Wildman–Crippen MR) is 77.2 cm³/mol. The monoisotopic (exact) mass is 346 g/mol. The third-order valence-electron chi connectivity index (χ3n) is 3.42. The molecule has 1 atom stereocenters. The van der Waals surface area contributed by atoms with Crippen molar-refractivity contribution in [1.29, 1.82) is 0 Å². The molecule has 0 aliphatic carbocycles. The van der Waals surface area contributed by atoms with Crippen LogP contribution in [0.4, 0.5) is 8.78 Å². The summed E-state index contributed by atoms with van der Waals surface area (Å²) in [5.41, 5.74) is 0. The fourth-order valence-electron chi connectivity index (χ4n) is 2.28. The fraction of sp³-hybridized carbons (Fsp3) is 0.429. The molecule has 2 N–H and O–H groups in total. The van der Waals surface area contributed by atoms with E-state index in [1.165, 1.54) is 0 Å². The van der Waals surface area contributed by atoms with E-state index in [-0.39, 0.29) is 5.91 Å². The lowest BCUT2D eigenvalue weighted by Crippen LogP contribution is -2.47. The lowest BCUT2D eigenvalue weighted by atomic mass is 10.1. The van der Waals surface area contributed by atoms with E-state index in [2.05, 4.69) is 10.6 Å². The van der Waals surface area contributed by atoms with Gasteiger partial charge in [-0.3, -0.25) is 9.59 Å². The Hall–Kier alpha value is -2.03. The first kappa shape index (κ1) is 17.3. The molecule has 1 aliphatic heterocycles. The molecular formula is C14H16F2N2O4S. The van der Waals surface area contributed by atoms with Gasteiger partial charge in [0, 0.05) is 6.54 Å². The largest absolute Gasteiger partial charge is 0.354 e. The molecule has 1 unspecified atom stereocenters. The van der Waals surface area contributed by atoms with Crippen molar-refractivity contribution in [2.45, 2.75) is 30.2 Å². The van der Waals surface area contributed by atoms with Crippen LogP contribution >= 0.6 is 0 Å². The maximum atomic E-state index is 13.5. The van der Waals surface area contributed by atoms with Gasteiger partial charge >= 0.3 is 0 Å². The summed E-state index contributed by atoms with van der Waals surface area (Å²) in [6.45, 7) is 0.498. The number of halogens is 2. The van der Waals surface area contributed by atoms with Crippen LogP contribution in [0.5, 0.6) is 0 Å². The lowest BCUT2D eigenvalue weighted by molar-refractivity contribution is -0.127. The smallest absolute Gasteiger partial charge is 0.242 e. The van der Waals surface area contributed by atoms with E-state index in [0.29, 0.717) is 31.5 Å². The Labute approximate surface area is 132 Å². The molecule has 1 fully saturated rings. The Morgan fingerprint density at radius 2 is 2.04 bits per heavy atom. The van der Waals surface area contributed by atoms with Crippen molar-refractivity contribution in [2.75, 3.05) is 12.3 Å². The lowest BCUT2D eigenvalue weighted by Gasteiger charge is -2.15. The van der Waals surface area contributed by atoms with Crippen LogP contribution in [-0.4, -0.2) is 38.6 Å². The standard InChI is InChI=1S/C14H16F2N2O4S/c15-9-4-5-10(16)12(7-9)23(21,22)8-13(19)18-11-3-1-2-6-17-14(11)20/h4-5,7,11H,1-3,6,8H2,(H,17,20)(H,18,19). The van der Waals surface area contributed by atoms with Gasteiger partial charge in [0.05, 0.1) is 0 Å². The number of amides is 2. The van der Waals surface area contributed by atoms with Gasteiger partial charge in [0.25, 0.3) is 0 Å². The van der Waals surface area contributed by atoms with Crippen LogP contribution in [0.2, 0.25) is 0 Å². The van der Waals surface area contributed by atoms with Crippen molar-refractivity contribution in [3.63, 3.8) is 0 Å². The van der Waals surface area contributed by atoms with Crippen molar-refractivity contribution in [3.05, 3.63) is 29.8 Å². The molecular weight excluding hydrogens is 330 g/mol. The van der Waals surface area contributed by atoms with Crippen molar-refractivity contribution < 1.29 is 26.8 Å². The zero-order chi connectivity index (χ0) is 17.0. The average molecular weight is 346 g/mol. The van der Waals surface area contributed by atoms with Gasteiger partial charge in [-0.25, -0.2) is 17.2 Å². The van der Waals surface area contributed by atoms with E-state index in [1.807, 2.05) is 0 Å². The highest BCUT2D eigenvalue weighted by molar-refractivity contribution is 7.92. The van der Waals surface area contributed by atoms with E-state index >= 15 is 0 Å². The van der Waals surface area contributed by atoms with Crippen LogP contribution in [0, 0.1) is 11.6 Å². The van der Waals surface area contributed by atoms with Crippen LogP contribution < -0.4 is 10.6 Å². The highest BCUT2D eigenvalue weighted by atomic mass is 32.2. The Bertz CT molecular complexity index is 721. The molecule has 23 heavy (non-hydrogen) atoms. The highest BCUT2D eigenvalue weighted by Gasteiger charge is 2.27. The van der Waals surface area contributed by atoms with Gasteiger partial charge in [0.1, 0.15) is 28.3 Å². The molecule has 0 saturated carbocycles. The maximum Gasteiger partial charge on any atom is 0.242 e. The van der Waals surface area contributed by atoms with Gasteiger partial charge < -0.3 is 10.6 Å². The first-order valence-corrected chi connectivity index (χ1v) is 8.70. The second-order valence-corrected chi connectivity index (χ2v) is 7.20. The molecule has 9 heteroatoms. The Morgan fingerprint density at radius 1 is 1.30 bits per heavy atom. The zero-order valence-electron chi connectivity index (χ0n) is 12.1. The summed E-state index contributed by atoms with van der Waals surface area (Å²) in [7, 11) is -4.35. The molecule has 126 valence electrons. The highest BCUT2D eigenvalue weighted by Crippen LogP contribution is 2.17. The third kappa shape index (κ3) is 4.47. The van der Waals surface area contributed by atoms with Gasteiger partial charge in [0.15, 0.2) is 9.84 Å². The summed E-state index contributed by atoms with van der Waals surface area (Å²) in [5, 5.41) is 4.92. The van der Waals surface area contributed by atoms with Crippen molar-refractivity contribution in [2.24, 2.45) is 0 Å². The summed E-state index contributed by atoms with van der Waals surface area (Å²) in [6, 6.07) is 1.16. The predicted octanol–water partition coefficient (Wildman–Crippen LogP) is 0.523. The number of hydrogen-bond acceptors (Lipinski definition) is 4. The first-order chi connectivity index (χ1) is 10.8. The molecule has 1 aliphatic rings. The van der Waals surface area contributed by atoms with Gasteiger partial charge in [-0.15, -0.1) is 0 Å². The van der Waals surface area contributed by atoms with Crippen LogP contribution in [0.3, 0.4) is 0 Å². The summed E-state index contributed by atoms with van der Waals surface area (Å²) in [6.07, 6.45) is 1.87. The second kappa shape index (κ2) is 7.03. The van der Waals surface area contributed by atoms with Gasteiger partial charge in [-0.05, 0) is 37.5 Å². The molecule has 1 aromatic carbocycles. The molecule has 1 saturated heterocycles. The summed E-state index contributed by atoms with van der Waals surface area (Å²) in [5.74, 6) is -4.43. The molecule has 0 radical (unpaired) electrons. The quantitative estimate of drug-likeness (QED) is 0.831. The number of nitrogens with one attached hydrogen (secondary N) is 2. The number of sulfone groups is 1. The SMILES string of the molecule is O=C(CS(=O)(=O)c1cc(F)ccc1F)NC1CCCCNC1=O. The third-order valence-corrected chi connectivity index (χ3v) is 5.05. The summed E-state index contributed by atoms with van der Waals surface area (Å²) in [4.78, 5) is 22.7. The molecule has 2 rings (SSSR count). The number of hydrogen-bond donors (Lipinski definition) is 2. The van der Waals surface area contributed by atoms with E-state index in [9.17, 15) is 26.8 Å². The summed E-state index contributed by atoms with van der Waals surface area (Å²) >= 11 is 0. The van der Waals surface area contributed by atoms with Gasteiger partial charge in [-0.1, -0.05) is 0 Å². The van der Waals surface area contributed by atoms with E-state index in [0.717, 1.165) is 12.5 Å². The normalized spacial score (nSPS) is 18.9. The number of carbonyl (C=O) groups excluding carboxylic acids is 2. The van der Waals surface area contributed by atoms with E-state index in [4.69, 9.17) is 0 Å². The Kier molecular flexibility index (Phi) is 5.30. The van der Waals surface area contributed by atoms with Gasteiger partial charge in [0.2, 0.25) is 11.8 Å².